The van der Waals surface area contributed by atoms with Gasteiger partial charge < -0.3 is 0 Å². The molecule has 1 unspecified atom stereocenters. The fourth-order valence-electron chi connectivity index (χ4n) is 3.35. The van der Waals surface area contributed by atoms with Crippen LogP contribution in [0.3, 0.4) is 0 Å². The number of benzene rings is 2. The molecule has 6 heteroatoms. The largest absolute Gasteiger partial charge is 0.243 e. The van der Waals surface area contributed by atoms with Crippen LogP contribution in [0.5, 0.6) is 0 Å². The van der Waals surface area contributed by atoms with Crippen LogP contribution in [0.4, 0.5) is 4.39 Å². The maximum absolute atomic E-state index is 13.4. The van der Waals surface area contributed by atoms with E-state index in [0.29, 0.717) is 6.54 Å². The van der Waals surface area contributed by atoms with Gasteiger partial charge in [-0.05, 0) is 43.5 Å². The van der Waals surface area contributed by atoms with Crippen LogP contribution in [-0.2, 0) is 10.0 Å². The quantitative estimate of drug-likeness (QED) is 0.742. The molecule has 0 aromatic heterocycles. The van der Waals surface area contributed by atoms with E-state index in [4.69, 9.17) is 11.6 Å². The zero-order chi connectivity index (χ0) is 18.0. The molecule has 0 radical (unpaired) electrons. The van der Waals surface area contributed by atoms with E-state index in [1.165, 1.54) is 12.1 Å². The Morgan fingerprint density at radius 2 is 1.92 bits per heavy atom. The van der Waals surface area contributed by atoms with Crippen molar-refractivity contribution in [3.8, 4) is 0 Å². The summed E-state index contributed by atoms with van der Waals surface area (Å²) in [4.78, 5) is 0.0402. The van der Waals surface area contributed by atoms with Gasteiger partial charge in [-0.25, -0.2) is 12.8 Å². The molecule has 1 saturated heterocycles. The summed E-state index contributed by atoms with van der Waals surface area (Å²) >= 11 is 5.81. The molecule has 0 amide bonds. The van der Waals surface area contributed by atoms with Crippen molar-refractivity contribution in [2.45, 2.75) is 43.5 Å². The standard InChI is InChI=1S/C19H21ClFNO2S/c1-14-6-5-7-15(12-14)19-8-3-2-4-11-22(19)25(23,24)16-9-10-18(21)17(20)13-16/h5-7,9-10,12-13,19H,2-4,8,11H2,1H3. The Hall–Kier alpha value is -1.43. The molecule has 0 bridgehead atoms. The molecule has 0 spiro atoms. The summed E-state index contributed by atoms with van der Waals surface area (Å²) in [6.07, 6.45) is 3.57. The third kappa shape index (κ3) is 3.89. The number of hydrogen-bond acceptors (Lipinski definition) is 2. The predicted molar refractivity (Wildman–Crippen MR) is 97.7 cm³/mol. The van der Waals surface area contributed by atoms with Gasteiger partial charge >= 0.3 is 0 Å². The zero-order valence-corrected chi connectivity index (χ0v) is 15.7. The second-order valence-corrected chi connectivity index (χ2v) is 8.77. The SMILES string of the molecule is Cc1cccc(C2CCCCCN2S(=O)(=O)c2ccc(F)c(Cl)c2)c1. The van der Waals surface area contributed by atoms with Gasteiger partial charge in [0.1, 0.15) is 5.82 Å². The van der Waals surface area contributed by atoms with Crippen molar-refractivity contribution in [3.05, 3.63) is 64.4 Å². The Bertz CT molecular complexity index is 869. The average molecular weight is 382 g/mol. The molecule has 0 N–H and O–H groups in total. The molecule has 2 aromatic rings. The topological polar surface area (TPSA) is 37.4 Å². The van der Waals surface area contributed by atoms with Crippen molar-refractivity contribution < 1.29 is 12.8 Å². The van der Waals surface area contributed by atoms with Gasteiger partial charge in [0.2, 0.25) is 10.0 Å². The van der Waals surface area contributed by atoms with Crippen molar-refractivity contribution in [3.63, 3.8) is 0 Å². The van der Waals surface area contributed by atoms with Gasteiger partial charge in [0.15, 0.2) is 0 Å². The fourth-order valence-corrected chi connectivity index (χ4v) is 5.31. The van der Waals surface area contributed by atoms with Crippen LogP contribution in [0.2, 0.25) is 5.02 Å². The van der Waals surface area contributed by atoms with Gasteiger partial charge in [-0.2, -0.15) is 4.31 Å². The van der Waals surface area contributed by atoms with E-state index < -0.39 is 15.8 Å². The number of hydrogen-bond donors (Lipinski definition) is 0. The molecule has 3 nitrogen and oxygen atoms in total. The van der Waals surface area contributed by atoms with Gasteiger partial charge in [0.25, 0.3) is 0 Å². The third-order valence-corrected chi connectivity index (χ3v) is 6.82. The van der Waals surface area contributed by atoms with E-state index >= 15 is 0 Å². The minimum atomic E-state index is -3.75. The molecule has 2 aromatic carbocycles. The molecule has 1 aliphatic rings. The molecule has 134 valence electrons. The summed E-state index contributed by atoms with van der Waals surface area (Å²) in [6.45, 7) is 2.45. The van der Waals surface area contributed by atoms with Crippen LogP contribution in [0.15, 0.2) is 47.4 Å². The summed E-state index contributed by atoms with van der Waals surface area (Å²) in [5.74, 6) is -0.619. The smallest absolute Gasteiger partial charge is 0.207 e. The highest BCUT2D eigenvalue weighted by atomic mass is 35.5. The molecule has 3 rings (SSSR count). The lowest BCUT2D eigenvalue weighted by Gasteiger charge is -2.30. The number of halogens is 2. The molecule has 1 fully saturated rings. The highest BCUT2D eigenvalue weighted by Crippen LogP contribution is 2.35. The lowest BCUT2D eigenvalue weighted by atomic mass is 10.0. The van der Waals surface area contributed by atoms with Crippen LogP contribution in [0.25, 0.3) is 0 Å². The summed E-state index contributed by atoms with van der Waals surface area (Å²) in [5.41, 5.74) is 2.10. The van der Waals surface area contributed by atoms with Gasteiger partial charge in [0, 0.05) is 6.54 Å². The maximum Gasteiger partial charge on any atom is 0.243 e. The van der Waals surface area contributed by atoms with Gasteiger partial charge in [0.05, 0.1) is 16.0 Å². The molecular formula is C19H21ClFNO2S. The van der Waals surface area contributed by atoms with E-state index in [0.717, 1.165) is 42.9 Å². The number of rotatable bonds is 3. The van der Waals surface area contributed by atoms with Crippen molar-refractivity contribution >= 4 is 21.6 Å². The van der Waals surface area contributed by atoms with Crippen LogP contribution in [0.1, 0.15) is 42.9 Å². The van der Waals surface area contributed by atoms with E-state index in [9.17, 15) is 12.8 Å². The first-order valence-corrected chi connectivity index (χ1v) is 10.2. The van der Waals surface area contributed by atoms with Crippen molar-refractivity contribution in [2.75, 3.05) is 6.54 Å². The van der Waals surface area contributed by atoms with Gasteiger partial charge in [-0.1, -0.05) is 54.3 Å². The monoisotopic (exact) mass is 381 g/mol. The van der Waals surface area contributed by atoms with Crippen LogP contribution in [-0.4, -0.2) is 19.3 Å². The van der Waals surface area contributed by atoms with E-state index in [1.807, 2.05) is 31.2 Å². The molecule has 0 aliphatic carbocycles. The second kappa shape index (κ2) is 7.44. The Kier molecular flexibility index (Phi) is 5.46. The van der Waals surface area contributed by atoms with E-state index in [-0.39, 0.29) is 16.0 Å². The summed E-state index contributed by atoms with van der Waals surface area (Å²) in [6, 6.07) is 11.3. The normalized spacial score (nSPS) is 19.6. The minimum absolute atomic E-state index is 0.0402. The Balaban J connectivity index is 2.04. The van der Waals surface area contributed by atoms with Gasteiger partial charge in [-0.15, -0.1) is 0 Å². The first-order valence-electron chi connectivity index (χ1n) is 8.43. The Morgan fingerprint density at radius 1 is 1.12 bits per heavy atom. The van der Waals surface area contributed by atoms with Crippen molar-refractivity contribution in [1.29, 1.82) is 0 Å². The van der Waals surface area contributed by atoms with Crippen molar-refractivity contribution in [1.82, 2.24) is 4.31 Å². The first kappa shape index (κ1) is 18.4. The molecular weight excluding hydrogens is 361 g/mol. The average Bonchev–Trinajstić information content (AvgIpc) is 2.83. The van der Waals surface area contributed by atoms with E-state index in [2.05, 4.69) is 0 Å². The zero-order valence-electron chi connectivity index (χ0n) is 14.1. The highest BCUT2D eigenvalue weighted by Gasteiger charge is 2.33. The molecule has 0 saturated carbocycles. The predicted octanol–water partition coefficient (Wildman–Crippen LogP) is 5.09. The molecule has 1 aliphatic heterocycles. The molecule has 1 atom stereocenters. The highest BCUT2D eigenvalue weighted by molar-refractivity contribution is 7.89. The number of sulfonamides is 1. The first-order chi connectivity index (χ1) is 11.9. The second-order valence-electron chi connectivity index (χ2n) is 6.47. The van der Waals surface area contributed by atoms with Crippen LogP contribution in [0, 0.1) is 12.7 Å². The lowest BCUT2D eigenvalue weighted by Crippen LogP contribution is -2.35. The van der Waals surface area contributed by atoms with Crippen LogP contribution < -0.4 is 0 Å². The van der Waals surface area contributed by atoms with Gasteiger partial charge in [-0.3, -0.25) is 0 Å². The summed E-state index contributed by atoms with van der Waals surface area (Å²) in [5, 5.41) is -0.178. The van der Waals surface area contributed by atoms with Crippen LogP contribution >= 0.6 is 11.6 Å². The third-order valence-electron chi connectivity index (χ3n) is 4.63. The maximum atomic E-state index is 13.4. The summed E-state index contributed by atoms with van der Waals surface area (Å²) in [7, 11) is -3.75. The lowest BCUT2D eigenvalue weighted by molar-refractivity contribution is 0.329. The Morgan fingerprint density at radius 3 is 2.64 bits per heavy atom. The molecule has 1 heterocycles. The number of aryl methyl sites for hydroxylation is 1. The summed E-state index contributed by atoms with van der Waals surface area (Å²) < 4.78 is 41.4. The Labute approximate surface area is 153 Å². The van der Waals surface area contributed by atoms with E-state index in [1.54, 1.807) is 4.31 Å². The van der Waals surface area contributed by atoms with Crippen molar-refractivity contribution in [2.24, 2.45) is 0 Å². The fraction of sp³-hybridized carbons (Fsp3) is 0.368. The molecule has 25 heavy (non-hydrogen) atoms. The minimum Gasteiger partial charge on any atom is -0.207 e. The number of nitrogens with zero attached hydrogens (tertiary/aromatic N) is 1.